The molecule has 0 aliphatic carbocycles. The van der Waals surface area contributed by atoms with Gasteiger partial charge in [0, 0.05) is 11.2 Å². The van der Waals surface area contributed by atoms with Gasteiger partial charge in [0.05, 0.1) is 10.2 Å². The van der Waals surface area contributed by atoms with Gasteiger partial charge < -0.3 is 4.74 Å². The van der Waals surface area contributed by atoms with Crippen molar-refractivity contribution < 1.29 is 4.74 Å². The number of hydrogen-bond acceptors (Lipinski definition) is 2. The zero-order valence-electron chi connectivity index (χ0n) is 10.5. The van der Waals surface area contributed by atoms with Crippen LogP contribution in [0.1, 0.15) is 5.69 Å². The van der Waals surface area contributed by atoms with E-state index in [1.165, 1.54) is 5.39 Å². The number of aromatic nitrogens is 1. The summed E-state index contributed by atoms with van der Waals surface area (Å²) >= 11 is 9.53. The lowest BCUT2D eigenvalue weighted by molar-refractivity contribution is 0.300. The van der Waals surface area contributed by atoms with Crippen molar-refractivity contribution in [1.82, 2.24) is 4.98 Å². The summed E-state index contributed by atoms with van der Waals surface area (Å²) in [7, 11) is 0. The predicted octanol–water partition coefficient (Wildman–Crippen LogP) is 5.23. The smallest absolute Gasteiger partial charge is 0.134 e. The van der Waals surface area contributed by atoms with Crippen molar-refractivity contribution in [2.24, 2.45) is 0 Å². The van der Waals surface area contributed by atoms with E-state index in [1.54, 1.807) is 18.3 Å². The monoisotopic (exact) mass is 347 g/mol. The lowest BCUT2D eigenvalue weighted by Crippen LogP contribution is -1.98. The Morgan fingerprint density at radius 2 is 1.95 bits per heavy atom. The average Bonchev–Trinajstić information content (AvgIpc) is 2.47. The minimum Gasteiger partial charge on any atom is -0.486 e. The lowest BCUT2D eigenvalue weighted by Gasteiger charge is -2.10. The highest BCUT2D eigenvalue weighted by Crippen LogP contribution is 2.33. The summed E-state index contributed by atoms with van der Waals surface area (Å²) in [5, 5.41) is 2.97. The van der Waals surface area contributed by atoms with Gasteiger partial charge in [-0.2, -0.15) is 0 Å². The summed E-state index contributed by atoms with van der Waals surface area (Å²) in [5.74, 6) is 0.797. The van der Waals surface area contributed by atoms with E-state index in [-0.39, 0.29) is 0 Å². The second-order valence-corrected chi connectivity index (χ2v) is 5.58. The number of rotatable bonds is 3. The molecule has 20 heavy (non-hydrogen) atoms. The largest absolute Gasteiger partial charge is 0.486 e. The predicted molar refractivity (Wildman–Crippen MR) is 85.2 cm³/mol. The van der Waals surface area contributed by atoms with Crippen LogP contribution in [-0.2, 0) is 6.61 Å². The van der Waals surface area contributed by atoms with E-state index >= 15 is 0 Å². The van der Waals surface area contributed by atoms with E-state index in [0.29, 0.717) is 11.6 Å². The van der Waals surface area contributed by atoms with Crippen molar-refractivity contribution in [3.63, 3.8) is 0 Å². The van der Waals surface area contributed by atoms with E-state index < -0.39 is 0 Å². The van der Waals surface area contributed by atoms with Crippen molar-refractivity contribution in [2.75, 3.05) is 0 Å². The van der Waals surface area contributed by atoms with Gasteiger partial charge in [-0.3, -0.25) is 4.98 Å². The lowest BCUT2D eigenvalue weighted by atomic mass is 10.1. The first-order valence-corrected chi connectivity index (χ1v) is 7.31. The molecule has 3 aromatic rings. The molecule has 0 spiro atoms. The first kappa shape index (κ1) is 13.4. The van der Waals surface area contributed by atoms with Gasteiger partial charge in [-0.15, -0.1) is 0 Å². The van der Waals surface area contributed by atoms with Crippen LogP contribution < -0.4 is 4.74 Å². The van der Waals surface area contributed by atoms with Crippen LogP contribution in [0.15, 0.2) is 59.2 Å². The number of halogens is 2. The van der Waals surface area contributed by atoms with Crippen molar-refractivity contribution in [1.29, 1.82) is 0 Å². The van der Waals surface area contributed by atoms with Crippen LogP contribution in [-0.4, -0.2) is 4.98 Å². The fourth-order valence-electron chi connectivity index (χ4n) is 2.00. The van der Waals surface area contributed by atoms with Crippen LogP contribution in [0.5, 0.6) is 5.75 Å². The highest BCUT2D eigenvalue weighted by atomic mass is 79.9. The van der Waals surface area contributed by atoms with Crippen LogP contribution in [0, 0.1) is 0 Å². The molecule has 0 bridgehead atoms. The molecule has 3 rings (SSSR count). The van der Waals surface area contributed by atoms with Crippen LogP contribution in [0.3, 0.4) is 0 Å². The average molecular weight is 349 g/mol. The van der Waals surface area contributed by atoms with Gasteiger partial charge in [-0.25, -0.2) is 0 Å². The molecule has 0 radical (unpaired) electrons. The van der Waals surface area contributed by atoms with E-state index in [0.717, 1.165) is 21.3 Å². The first-order chi connectivity index (χ1) is 9.74. The molecule has 1 aromatic heterocycles. The Hall–Kier alpha value is -1.58. The van der Waals surface area contributed by atoms with Gasteiger partial charge in [-0.05, 0) is 44.9 Å². The Bertz CT molecular complexity index is 760. The Morgan fingerprint density at radius 1 is 1.10 bits per heavy atom. The zero-order chi connectivity index (χ0) is 13.9. The quantitative estimate of drug-likeness (QED) is 0.646. The van der Waals surface area contributed by atoms with E-state index in [2.05, 4.69) is 33.0 Å². The number of benzene rings is 2. The molecule has 4 heteroatoms. The van der Waals surface area contributed by atoms with Crippen LogP contribution in [0.25, 0.3) is 10.8 Å². The van der Waals surface area contributed by atoms with E-state index in [4.69, 9.17) is 16.3 Å². The molecule has 0 aliphatic heterocycles. The third-order valence-corrected chi connectivity index (χ3v) is 4.04. The SMILES string of the molecule is Clc1ccnc(COc2ccc3ccccc3c2Br)c1. The third kappa shape index (κ3) is 2.79. The summed E-state index contributed by atoms with van der Waals surface area (Å²) in [6.45, 7) is 0.386. The fourth-order valence-corrected chi connectivity index (χ4v) is 2.79. The van der Waals surface area contributed by atoms with E-state index in [9.17, 15) is 0 Å². The number of hydrogen-bond donors (Lipinski definition) is 0. The van der Waals surface area contributed by atoms with Crippen molar-refractivity contribution >= 4 is 38.3 Å². The number of ether oxygens (including phenoxy) is 1. The van der Waals surface area contributed by atoms with Gasteiger partial charge in [0.15, 0.2) is 0 Å². The van der Waals surface area contributed by atoms with Gasteiger partial charge in [0.25, 0.3) is 0 Å². The van der Waals surface area contributed by atoms with Gasteiger partial charge in [0.1, 0.15) is 12.4 Å². The molecule has 2 aromatic carbocycles. The maximum absolute atomic E-state index is 5.93. The number of pyridine rings is 1. The van der Waals surface area contributed by atoms with Gasteiger partial charge >= 0.3 is 0 Å². The summed E-state index contributed by atoms with van der Waals surface area (Å²) in [6.07, 6.45) is 1.68. The Morgan fingerprint density at radius 3 is 2.80 bits per heavy atom. The fraction of sp³-hybridized carbons (Fsp3) is 0.0625. The molecule has 0 saturated carbocycles. The Labute approximate surface area is 130 Å². The normalized spacial score (nSPS) is 10.7. The zero-order valence-corrected chi connectivity index (χ0v) is 12.9. The maximum Gasteiger partial charge on any atom is 0.134 e. The molecule has 0 aliphatic rings. The molecule has 2 nitrogen and oxygen atoms in total. The minimum atomic E-state index is 0.386. The highest BCUT2D eigenvalue weighted by Gasteiger charge is 2.06. The van der Waals surface area contributed by atoms with Crippen molar-refractivity contribution in [3.8, 4) is 5.75 Å². The number of fused-ring (bicyclic) bond motifs is 1. The highest BCUT2D eigenvalue weighted by molar-refractivity contribution is 9.10. The summed E-state index contributed by atoms with van der Waals surface area (Å²) in [6, 6.07) is 15.7. The molecule has 1 heterocycles. The maximum atomic E-state index is 5.93. The molecule has 0 amide bonds. The van der Waals surface area contributed by atoms with Gasteiger partial charge in [0.2, 0.25) is 0 Å². The van der Waals surface area contributed by atoms with Gasteiger partial charge in [-0.1, -0.05) is 41.9 Å². The molecular weight excluding hydrogens is 338 g/mol. The number of nitrogens with zero attached hydrogens (tertiary/aromatic N) is 1. The Kier molecular flexibility index (Phi) is 3.90. The molecular formula is C16H11BrClNO. The minimum absolute atomic E-state index is 0.386. The Balaban J connectivity index is 1.86. The second-order valence-electron chi connectivity index (χ2n) is 4.35. The standard InChI is InChI=1S/C16H11BrClNO/c17-16-14-4-2-1-3-11(14)5-6-15(16)20-10-13-9-12(18)7-8-19-13/h1-9H,10H2. The van der Waals surface area contributed by atoms with Crippen molar-refractivity contribution in [2.45, 2.75) is 6.61 Å². The summed E-state index contributed by atoms with van der Waals surface area (Å²) in [4.78, 5) is 4.22. The third-order valence-electron chi connectivity index (χ3n) is 2.98. The van der Waals surface area contributed by atoms with E-state index in [1.807, 2.05) is 24.3 Å². The molecule has 0 saturated heterocycles. The molecule has 0 fully saturated rings. The second kappa shape index (κ2) is 5.81. The topological polar surface area (TPSA) is 22.1 Å². The van der Waals surface area contributed by atoms with Crippen molar-refractivity contribution in [3.05, 3.63) is 69.9 Å². The van der Waals surface area contributed by atoms with Crippen LogP contribution in [0.4, 0.5) is 0 Å². The molecule has 0 N–H and O–H groups in total. The molecule has 100 valence electrons. The molecule has 0 atom stereocenters. The van der Waals surface area contributed by atoms with Crippen LogP contribution >= 0.6 is 27.5 Å². The first-order valence-electron chi connectivity index (χ1n) is 6.14. The van der Waals surface area contributed by atoms with Crippen LogP contribution in [0.2, 0.25) is 5.02 Å². The summed E-state index contributed by atoms with van der Waals surface area (Å²) < 4.78 is 6.77. The summed E-state index contributed by atoms with van der Waals surface area (Å²) in [5.41, 5.74) is 0.803. The molecule has 0 unspecified atom stereocenters.